The number of fused-ring (bicyclic) bond motifs is 1. The predicted molar refractivity (Wildman–Crippen MR) is 97.2 cm³/mol. The predicted octanol–water partition coefficient (Wildman–Crippen LogP) is 3.46. The number of methoxy groups -OCH3 is 1. The molecule has 6 nitrogen and oxygen atoms in total. The van der Waals surface area contributed by atoms with Crippen molar-refractivity contribution in [1.82, 2.24) is 0 Å². The number of nitrogens with one attached hydrogen (secondary N) is 1. The molecule has 6 heteroatoms. The van der Waals surface area contributed by atoms with E-state index in [1.165, 1.54) is 7.11 Å². The molecule has 26 heavy (non-hydrogen) atoms. The van der Waals surface area contributed by atoms with Crippen LogP contribution >= 0.6 is 0 Å². The number of rotatable bonds is 5. The number of benzene rings is 2. The minimum Gasteiger partial charge on any atom is -0.493 e. The smallest absolute Gasteiger partial charge is 0.262 e. The molecule has 1 heterocycles. The van der Waals surface area contributed by atoms with Crippen molar-refractivity contribution in [3.8, 4) is 17.2 Å². The summed E-state index contributed by atoms with van der Waals surface area (Å²) in [4.78, 5) is 24.4. The Balaban J connectivity index is 1.65. The molecule has 0 spiro atoms. The van der Waals surface area contributed by atoms with Gasteiger partial charge in [-0.3, -0.25) is 9.59 Å². The molecule has 3 rings (SSSR count). The average molecular weight is 355 g/mol. The third-order valence-corrected chi connectivity index (χ3v) is 3.96. The zero-order valence-electron chi connectivity index (χ0n) is 15.0. The lowest BCUT2D eigenvalue weighted by atomic mass is 9.93. The number of ketones is 1. The van der Waals surface area contributed by atoms with Gasteiger partial charge >= 0.3 is 0 Å². The van der Waals surface area contributed by atoms with Gasteiger partial charge in [-0.2, -0.15) is 0 Å². The number of hydrogen-bond acceptors (Lipinski definition) is 5. The van der Waals surface area contributed by atoms with E-state index in [0.717, 1.165) is 0 Å². The number of hydrogen-bond donors (Lipinski definition) is 1. The van der Waals surface area contributed by atoms with Gasteiger partial charge in [-0.15, -0.1) is 0 Å². The van der Waals surface area contributed by atoms with Crippen molar-refractivity contribution in [2.24, 2.45) is 0 Å². The van der Waals surface area contributed by atoms with E-state index in [2.05, 4.69) is 5.32 Å². The molecule has 1 N–H and O–H groups in total. The quantitative estimate of drug-likeness (QED) is 0.889. The second-order valence-corrected chi connectivity index (χ2v) is 6.66. The standard InChI is InChI=1S/C20H21NO5/c1-20(2)11-15(22)14-10-13(8-9-16(14)26-20)21-19(23)12-25-18-7-5-4-6-17(18)24-3/h4-10H,11-12H2,1-3H3,(H,21,23). The number of ether oxygens (including phenoxy) is 3. The summed E-state index contributed by atoms with van der Waals surface area (Å²) in [6, 6.07) is 12.1. The van der Waals surface area contributed by atoms with Crippen LogP contribution in [0.15, 0.2) is 42.5 Å². The summed E-state index contributed by atoms with van der Waals surface area (Å²) in [7, 11) is 1.54. The van der Waals surface area contributed by atoms with E-state index in [4.69, 9.17) is 14.2 Å². The molecule has 0 bridgehead atoms. The van der Waals surface area contributed by atoms with E-state index in [1.807, 2.05) is 19.9 Å². The number of Topliss-reactive ketones (excluding diaryl/α,β-unsaturated/α-hetero) is 1. The van der Waals surface area contributed by atoms with Crippen LogP contribution in [0.1, 0.15) is 30.6 Å². The molecule has 0 aliphatic carbocycles. The molecule has 2 aromatic carbocycles. The molecule has 0 unspecified atom stereocenters. The molecule has 0 aromatic heterocycles. The van der Waals surface area contributed by atoms with Gasteiger partial charge in [0.2, 0.25) is 0 Å². The summed E-state index contributed by atoms with van der Waals surface area (Å²) in [5, 5.41) is 2.73. The molecule has 1 aliphatic rings. The van der Waals surface area contributed by atoms with Crippen LogP contribution in [0.25, 0.3) is 0 Å². The van der Waals surface area contributed by atoms with E-state index in [-0.39, 0.29) is 18.3 Å². The summed E-state index contributed by atoms with van der Waals surface area (Å²) in [5.74, 6) is 1.24. The van der Waals surface area contributed by atoms with Crippen LogP contribution in [0.3, 0.4) is 0 Å². The van der Waals surface area contributed by atoms with Gasteiger partial charge in [-0.1, -0.05) is 12.1 Å². The molecule has 0 saturated carbocycles. The molecule has 0 fully saturated rings. The summed E-state index contributed by atoms with van der Waals surface area (Å²) >= 11 is 0. The Bertz CT molecular complexity index is 844. The molecule has 0 radical (unpaired) electrons. The maximum absolute atomic E-state index is 12.3. The highest BCUT2D eigenvalue weighted by atomic mass is 16.5. The second kappa shape index (κ2) is 7.07. The maximum Gasteiger partial charge on any atom is 0.262 e. The number of para-hydroxylation sites is 2. The Morgan fingerprint density at radius 3 is 2.65 bits per heavy atom. The first-order valence-electron chi connectivity index (χ1n) is 8.30. The minimum absolute atomic E-state index is 0.00220. The fourth-order valence-electron chi connectivity index (χ4n) is 2.81. The summed E-state index contributed by atoms with van der Waals surface area (Å²) in [6.07, 6.45) is 0.300. The first kappa shape index (κ1) is 17.8. The van der Waals surface area contributed by atoms with E-state index in [9.17, 15) is 9.59 Å². The van der Waals surface area contributed by atoms with Gasteiger partial charge in [0.25, 0.3) is 5.91 Å². The molecule has 0 atom stereocenters. The van der Waals surface area contributed by atoms with Gasteiger partial charge in [0.1, 0.15) is 11.4 Å². The van der Waals surface area contributed by atoms with Crippen molar-refractivity contribution < 1.29 is 23.8 Å². The average Bonchev–Trinajstić information content (AvgIpc) is 2.60. The first-order valence-corrected chi connectivity index (χ1v) is 8.30. The minimum atomic E-state index is -0.516. The van der Waals surface area contributed by atoms with Gasteiger partial charge < -0.3 is 19.5 Å². The molecular weight excluding hydrogens is 334 g/mol. The van der Waals surface area contributed by atoms with Crippen molar-refractivity contribution in [1.29, 1.82) is 0 Å². The van der Waals surface area contributed by atoms with E-state index >= 15 is 0 Å². The summed E-state index contributed by atoms with van der Waals surface area (Å²) in [6.45, 7) is 3.58. The summed E-state index contributed by atoms with van der Waals surface area (Å²) in [5.41, 5.74) is 0.485. The molecule has 1 aliphatic heterocycles. The Hall–Kier alpha value is -3.02. The van der Waals surface area contributed by atoms with Crippen LogP contribution in [0.4, 0.5) is 5.69 Å². The monoisotopic (exact) mass is 355 g/mol. The topological polar surface area (TPSA) is 73.9 Å². The van der Waals surface area contributed by atoms with Crippen molar-refractivity contribution >= 4 is 17.4 Å². The lowest BCUT2D eigenvalue weighted by Crippen LogP contribution is -2.35. The SMILES string of the molecule is COc1ccccc1OCC(=O)Nc1ccc2c(c1)C(=O)CC(C)(C)O2. The molecule has 2 aromatic rings. The fraction of sp³-hybridized carbons (Fsp3) is 0.300. The third kappa shape index (κ3) is 3.96. The van der Waals surface area contributed by atoms with Crippen molar-refractivity contribution in [2.45, 2.75) is 25.9 Å². The van der Waals surface area contributed by atoms with E-state index in [1.54, 1.807) is 36.4 Å². The first-order chi connectivity index (χ1) is 12.4. The Morgan fingerprint density at radius 2 is 1.92 bits per heavy atom. The Kier molecular flexibility index (Phi) is 4.84. The molecular formula is C20H21NO5. The maximum atomic E-state index is 12.3. The number of carbonyl (C=O) groups is 2. The van der Waals surface area contributed by atoms with Gasteiger partial charge in [0.05, 0.1) is 19.1 Å². The fourth-order valence-corrected chi connectivity index (χ4v) is 2.81. The summed E-state index contributed by atoms with van der Waals surface area (Å²) < 4.78 is 16.5. The number of carbonyl (C=O) groups excluding carboxylic acids is 2. The van der Waals surface area contributed by atoms with Gasteiger partial charge in [0.15, 0.2) is 23.9 Å². The highest BCUT2D eigenvalue weighted by Crippen LogP contribution is 2.34. The number of amides is 1. The molecule has 0 saturated heterocycles. The normalized spacial score (nSPS) is 14.8. The van der Waals surface area contributed by atoms with Crippen molar-refractivity contribution in [2.75, 3.05) is 19.0 Å². The van der Waals surface area contributed by atoms with E-state index < -0.39 is 5.60 Å². The van der Waals surface area contributed by atoms with Crippen LogP contribution in [0.2, 0.25) is 0 Å². The highest BCUT2D eigenvalue weighted by molar-refractivity contribution is 6.02. The zero-order chi connectivity index (χ0) is 18.7. The van der Waals surface area contributed by atoms with E-state index in [0.29, 0.717) is 34.9 Å². The van der Waals surface area contributed by atoms with Crippen LogP contribution in [0.5, 0.6) is 17.2 Å². The van der Waals surface area contributed by atoms with Crippen LogP contribution in [0, 0.1) is 0 Å². The Labute approximate surface area is 152 Å². The molecule has 136 valence electrons. The van der Waals surface area contributed by atoms with Crippen LogP contribution in [-0.2, 0) is 4.79 Å². The molecule has 1 amide bonds. The Morgan fingerprint density at radius 1 is 1.19 bits per heavy atom. The largest absolute Gasteiger partial charge is 0.493 e. The van der Waals surface area contributed by atoms with Gasteiger partial charge in [-0.05, 0) is 44.2 Å². The lowest BCUT2D eigenvalue weighted by Gasteiger charge is -2.31. The van der Waals surface area contributed by atoms with Crippen LogP contribution in [-0.4, -0.2) is 31.0 Å². The highest BCUT2D eigenvalue weighted by Gasteiger charge is 2.32. The van der Waals surface area contributed by atoms with Crippen LogP contribution < -0.4 is 19.5 Å². The zero-order valence-corrected chi connectivity index (χ0v) is 15.0. The third-order valence-electron chi connectivity index (χ3n) is 3.96. The van der Waals surface area contributed by atoms with Gasteiger partial charge in [0, 0.05) is 5.69 Å². The van der Waals surface area contributed by atoms with Crippen molar-refractivity contribution in [3.05, 3.63) is 48.0 Å². The van der Waals surface area contributed by atoms with Gasteiger partial charge in [-0.25, -0.2) is 0 Å². The number of anilines is 1. The van der Waals surface area contributed by atoms with Crippen molar-refractivity contribution in [3.63, 3.8) is 0 Å². The lowest BCUT2D eigenvalue weighted by molar-refractivity contribution is -0.118. The second-order valence-electron chi connectivity index (χ2n) is 6.66.